The van der Waals surface area contributed by atoms with Gasteiger partial charge in [0.1, 0.15) is 5.76 Å². The van der Waals surface area contributed by atoms with E-state index in [1.165, 1.54) is 5.56 Å². The molecule has 82 valence electrons. The maximum atomic E-state index is 5.45. The van der Waals surface area contributed by atoms with Gasteiger partial charge in [0, 0.05) is 28.7 Å². The number of hydrogen-bond donors (Lipinski definition) is 0. The number of aryl methyl sites for hydroxylation is 1. The minimum Gasteiger partial charge on any atom is -0.448 e. The van der Waals surface area contributed by atoms with Gasteiger partial charge in [-0.2, -0.15) is 0 Å². The third kappa shape index (κ3) is 2.95. The van der Waals surface area contributed by atoms with Crippen molar-refractivity contribution in [1.29, 1.82) is 0 Å². The minimum absolute atomic E-state index is 0.747. The van der Waals surface area contributed by atoms with Crippen molar-refractivity contribution in [2.45, 2.75) is 6.92 Å². The van der Waals surface area contributed by atoms with Gasteiger partial charge >= 0.3 is 0 Å². The van der Waals surface area contributed by atoms with Crippen molar-refractivity contribution in [2.24, 2.45) is 4.99 Å². The zero-order valence-corrected chi connectivity index (χ0v) is 12.3. The van der Waals surface area contributed by atoms with E-state index in [9.17, 15) is 0 Å². The fourth-order valence-electron chi connectivity index (χ4n) is 1.20. The molecule has 2 aromatic rings. The summed E-state index contributed by atoms with van der Waals surface area (Å²) in [6.45, 7) is 2.06. The van der Waals surface area contributed by atoms with E-state index in [4.69, 9.17) is 4.42 Å². The Kier molecular flexibility index (Phi) is 3.81. The summed E-state index contributed by atoms with van der Waals surface area (Å²) in [5.41, 5.74) is 2.15. The molecule has 0 saturated carbocycles. The van der Waals surface area contributed by atoms with Crippen LogP contribution in [-0.4, -0.2) is 6.21 Å². The van der Waals surface area contributed by atoms with E-state index in [-0.39, 0.29) is 0 Å². The quantitative estimate of drug-likeness (QED) is 0.539. The summed E-state index contributed by atoms with van der Waals surface area (Å²) in [5, 5.41) is 0. The predicted octanol–water partition coefficient (Wildman–Crippen LogP) is 4.71. The van der Waals surface area contributed by atoms with Gasteiger partial charge in [-0.25, -0.2) is 0 Å². The molecule has 4 heteroatoms. The van der Waals surface area contributed by atoms with E-state index < -0.39 is 0 Å². The van der Waals surface area contributed by atoms with Gasteiger partial charge in [-0.1, -0.05) is 17.7 Å². The second-order valence-corrected chi connectivity index (χ2v) is 5.20. The fourth-order valence-corrected chi connectivity index (χ4v) is 1.91. The lowest BCUT2D eigenvalue weighted by molar-refractivity contribution is 0.530. The topological polar surface area (TPSA) is 25.5 Å². The van der Waals surface area contributed by atoms with Crippen molar-refractivity contribution in [3.8, 4) is 0 Å². The Labute approximate surface area is 116 Å². The lowest BCUT2D eigenvalue weighted by atomic mass is 10.2. The standard InChI is InChI=1S/C12H9BrINO/c1-8-2-4-9(5-3-8)15-7-10-6-11(13)12(14)16-10/h2-7H,1H3. The van der Waals surface area contributed by atoms with Crippen molar-refractivity contribution in [3.05, 3.63) is 49.9 Å². The van der Waals surface area contributed by atoms with Crippen LogP contribution in [0.1, 0.15) is 11.3 Å². The zero-order chi connectivity index (χ0) is 11.5. The Morgan fingerprint density at radius 1 is 1.31 bits per heavy atom. The third-order valence-corrected chi connectivity index (χ3v) is 4.17. The summed E-state index contributed by atoms with van der Waals surface area (Å²) < 4.78 is 7.24. The molecular formula is C12H9BrINO. The summed E-state index contributed by atoms with van der Waals surface area (Å²) in [6, 6.07) is 9.94. The van der Waals surface area contributed by atoms with E-state index in [1.807, 2.05) is 30.3 Å². The predicted molar refractivity (Wildman–Crippen MR) is 77.6 cm³/mol. The Bertz CT molecular complexity index is 497. The second kappa shape index (κ2) is 5.14. The molecule has 0 fully saturated rings. The molecule has 1 heterocycles. The average Bonchev–Trinajstić information content (AvgIpc) is 2.58. The molecule has 1 aromatic carbocycles. The molecule has 0 bridgehead atoms. The van der Waals surface area contributed by atoms with Crippen LogP contribution in [0, 0.1) is 10.7 Å². The molecule has 0 unspecified atom stereocenters. The molecule has 1 aromatic heterocycles. The maximum absolute atomic E-state index is 5.45. The number of halogens is 2. The number of benzene rings is 1. The van der Waals surface area contributed by atoms with Crippen molar-refractivity contribution in [3.63, 3.8) is 0 Å². The Morgan fingerprint density at radius 3 is 2.56 bits per heavy atom. The molecule has 2 rings (SSSR count). The van der Waals surface area contributed by atoms with Crippen LogP contribution in [0.25, 0.3) is 0 Å². The molecule has 16 heavy (non-hydrogen) atoms. The lowest BCUT2D eigenvalue weighted by Crippen LogP contribution is -1.74. The van der Waals surface area contributed by atoms with E-state index in [0.29, 0.717) is 0 Å². The van der Waals surface area contributed by atoms with E-state index >= 15 is 0 Å². The summed E-state index contributed by atoms with van der Waals surface area (Å²) >= 11 is 5.52. The third-order valence-electron chi connectivity index (χ3n) is 2.04. The summed E-state index contributed by atoms with van der Waals surface area (Å²) in [4.78, 5) is 4.33. The van der Waals surface area contributed by atoms with Crippen LogP contribution in [0.3, 0.4) is 0 Å². The van der Waals surface area contributed by atoms with Crippen LogP contribution in [0.2, 0.25) is 0 Å². The highest BCUT2D eigenvalue weighted by Gasteiger charge is 2.02. The van der Waals surface area contributed by atoms with Gasteiger partial charge in [0.05, 0.1) is 16.4 Å². The van der Waals surface area contributed by atoms with Crippen LogP contribution < -0.4 is 0 Å². The van der Waals surface area contributed by atoms with Crippen molar-refractivity contribution >= 4 is 50.4 Å². The van der Waals surface area contributed by atoms with Crippen LogP contribution in [0.5, 0.6) is 0 Å². The summed E-state index contributed by atoms with van der Waals surface area (Å²) in [5.74, 6) is 0.747. The largest absolute Gasteiger partial charge is 0.448 e. The van der Waals surface area contributed by atoms with E-state index in [1.54, 1.807) is 6.21 Å². The van der Waals surface area contributed by atoms with Gasteiger partial charge in [-0.3, -0.25) is 4.99 Å². The summed E-state index contributed by atoms with van der Waals surface area (Å²) in [6.07, 6.45) is 1.72. The molecule has 2 nitrogen and oxygen atoms in total. The number of aliphatic imine (C=N–C) groups is 1. The molecule has 0 radical (unpaired) electrons. The first-order valence-electron chi connectivity index (χ1n) is 4.71. The molecular weight excluding hydrogens is 381 g/mol. The molecule has 0 N–H and O–H groups in total. The van der Waals surface area contributed by atoms with Crippen LogP contribution >= 0.6 is 38.5 Å². The van der Waals surface area contributed by atoms with Gasteiger partial charge in [0.25, 0.3) is 0 Å². The number of nitrogens with zero attached hydrogens (tertiary/aromatic N) is 1. The van der Waals surface area contributed by atoms with E-state index in [0.717, 1.165) is 19.7 Å². The fraction of sp³-hybridized carbons (Fsp3) is 0.0833. The molecule has 0 aliphatic carbocycles. The van der Waals surface area contributed by atoms with Gasteiger partial charge < -0.3 is 4.42 Å². The monoisotopic (exact) mass is 389 g/mol. The molecule has 0 amide bonds. The molecule has 0 spiro atoms. The minimum atomic E-state index is 0.747. The van der Waals surface area contributed by atoms with Crippen molar-refractivity contribution in [2.75, 3.05) is 0 Å². The maximum Gasteiger partial charge on any atom is 0.178 e. The second-order valence-electron chi connectivity index (χ2n) is 3.36. The first-order chi connectivity index (χ1) is 7.65. The highest BCUT2D eigenvalue weighted by Crippen LogP contribution is 2.22. The first kappa shape index (κ1) is 11.9. The normalized spacial score (nSPS) is 11.2. The van der Waals surface area contributed by atoms with Gasteiger partial charge in [-0.15, -0.1) is 0 Å². The first-order valence-corrected chi connectivity index (χ1v) is 6.58. The number of rotatable bonds is 2. The van der Waals surface area contributed by atoms with E-state index in [2.05, 4.69) is 50.4 Å². The molecule has 0 atom stereocenters. The zero-order valence-electron chi connectivity index (χ0n) is 8.58. The van der Waals surface area contributed by atoms with Crippen LogP contribution in [-0.2, 0) is 0 Å². The Hall–Kier alpha value is -0.620. The van der Waals surface area contributed by atoms with Gasteiger partial charge in [0.15, 0.2) is 3.77 Å². The lowest BCUT2D eigenvalue weighted by Gasteiger charge is -1.93. The molecule has 0 aliphatic rings. The summed E-state index contributed by atoms with van der Waals surface area (Å²) in [7, 11) is 0. The van der Waals surface area contributed by atoms with Crippen molar-refractivity contribution < 1.29 is 4.42 Å². The van der Waals surface area contributed by atoms with Crippen molar-refractivity contribution in [1.82, 2.24) is 0 Å². The van der Waals surface area contributed by atoms with Crippen LogP contribution in [0.4, 0.5) is 5.69 Å². The van der Waals surface area contributed by atoms with Gasteiger partial charge in [-0.05, 0) is 35.0 Å². The van der Waals surface area contributed by atoms with Gasteiger partial charge in [0.2, 0.25) is 0 Å². The molecule has 0 aliphatic heterocycles. The Balaban J connectivity index is 2.17. The highest BCUT2D eigenvalue weighted by molar-refractivity contribution is 14.1. The molecule has 0 saturated heterocycles. The number of hydrogen-bond acceptors (Lipinski definition) is 2. The smallest absolute Gasteiger partial charge is 0.178 e. The highest BCUT2D eigenvalue weighted by atomic mass is 127. The SMILES string of the molecule is Cc1ccc(N=Cc2cc(Br)c(I)o2)cc1. The van der Waals surface area contributed by atoms with Crippen LogP contribution in [0.15, 0.2) is 44.2 Å². The average molecular weight is 390 g/mol. The number of furan rings is 1. The Morgan fingerprint density at radius 2 is 2.00 bits per heavy atom.